The lowest BCUT2D eigenvalue weighted by molar-refractivity contribution is -0.394. The number of amides is 1. The molecule has 0 bridgehead atoms. The molecule has 2 aromatic carbocycles. The second kappa shape index (κ2) is 7.64. The van der Waals surface area contributed by atoms with Crippen molar-refractivity contribution in [3.8, 4) is 11.5 Å². The van der Waals surface area contributed by atoms with Gasteiger partial charge in [-0.25, -0.2) is 5.43 Å². The highest BCUT2D eigenvalue weighted by atomic mass is 16.6. The van der Waals surface area contributed by atoms with Crippen molar-refractivity contribution in [1.29, 1.82) is 0 Å². The molecule has 128 valence electrons. The molecule has 1 amide bonds. The van der Waals surface area contributed by atoms with E-state index in [1.165, 1.54) is 19.2 Å². The molecule has 25 heavy (non-hydrogen) atoms. The summed E-state index contributed by atoms with van der Waals surface area (Å²) < 4.78 is 5.42. The molecular formula is C15H12N4O6. The van der Waals surface area contributed by atoms with Gasteiger partial charge in [-0.2, -0.15) is 5.10 Å². The number of hydrogen-bond acceptors (Lipinski definition) is 7. The molecule has 0 spiro atoms. The van der Waals surface area contributed by atoms with E-state index in [0.29, 0.717) is 11.3 Å². The van der Waals surface area contributed by atoms with Gasteiger partial charge < -0.3 is 4.74 Å². The van der Waals surface area contributed by atoms with Crippen LogP contribution < -0.4 is 10.2 Å². The van der Waals surface area contributed by atoms with E-state index in [2.05, 4.69) is 10.5 Å². The van der Waals surface area contributed by atoms with Crippen LogP contribution in [-0.4, -0.2) is 22.0 Å². The lowest BCUT2D eigenvalue weighted by Gasteiger charge is -2.06. The number of rotatable bonds is 6. The highest BCUT2D eigenvalue weighted by Crippen LogP contribution is 2.34. The van der Waals surface area contributed by atoms with Gasteiger partial charge >= 0.3 is 5.69 Å². The molecule has 0 radical (unpaired) electrons. The van der Waals surface area contributed by atoms with E-state index in [-0.39, 0.29) is 11.7 Å². The van der Waals surface area contributed by atoms with Gasteiger partial charge in [0, 0.05) is 13.0 Å². The third-order valence-electron chi connectivity index (χ3n) is 2.89. The molecule has 0 heterocycles. The van der Waals surface area contributed by atoms with Gasteiger partial charge in [-0.1, -0.05) is 0 Å². The SMILES string of the molecule is CC(=O)N/N=C\c1ccc(Oc2ccc([N+](=O)[O-])cc2[N+](=O)[O-])cc1. The zero-order valence-corrected chi connectivity index (χ0v) is 12.9. The van der Waals surface area contributed by atoms with Gasteiger partial charge in [0.15, 0.2) is 0 Å². The zero-order valence-electron chi connectivity index (χ0n) is 12.9. The summed E-state index contributed by atoms with van der Waals surface area (Å²) in [4.78, 5) is 31.0. The molecule has 2 aromatic rings. The van der Waals surface area contributed by atoms with Crippen molar-refractivity contribution in [1.82, 2.24) is 5.43 Å². The first-order valence-electron chi connectivity index (χ1n) is 6.87. The van der Waals surface area contributed by atoms with Crippen LogP contribution in [-0.2, 0) is 4.79 Å². The predicted octanol–water partition coefficient (Wildman–Crippen LogP) is 2.77. The Morgan fingerprint density at radius 2 is 1.80 bits per heavy atom. The van der Waals surface area contributed by atoms with E-state index < -0.39 is 21.2 Å². The molecule has 10 heteroatoms. The summed E-state index contributed by atoms with van der Waals surface area (Å²) in [7, 11) is 0. The van der Waals surface area contributed by atoms with Crippen LogP contribution in [0.2, 0.25) is 0 Å². The summed E-state index contributed by atoms with van der Waals surface area (Å²) in [5.74, 6) is -0.120. The number of hydrogen-bond donors (Lipinski definition) is 1. The van der Waals surface area contributed by atoms with E-state index in [4.69, 9.17) is 4.74 Å². The fourth-order valence-corrected chi connectivity index (χ4v) is 1.79. The van der Waals surface area contributed by atoms with Gasteiger partial charge in [0.05, 0.1) is 22.1 Å². The fourth-order valence-electron chi connectivity index (χ4n) is 1.79. The van der Waals surface area contributed by atoms with Crippen molar-refractivity contribution >= 4 is 23.5 Å². The summed E-state index contributed by atoms with van der Waals surface area (Å²) in [5.41, 5.74) is 2.01. The topological polar surface area (TPSA) is 137 Å². The predicted molar refractivity (Wildman–Crippen MR) is 87.7 cm³/mol. The van der Waals surface area contributed by atoms with E-state index in [9.17, 15) is 25.0 Å². The minimum absolute atomic E-state index is 0.115. The highest BCUT2D eigenvalue weighted by Gasteiger charge is 2.21. The van der Waals surface area contributed by atoms with E-state index in [1.54, 1.807) is 24.3 Å². The van der Waals surface area contributed by atoms with Crippen LogP contribution in [0.4, 0.5) is 11.4 Å². The molecule has 1 N–H and O–H groups in total. The molecule has 0 atom stereocenters. The summed E-state index contributed by atoms with van der Waals surface area (Å²) in [5, 5.41) is 25.5. The molecule has 0 saturated heterocycles. The maximum atomic E-state index is 11.1. The molecule has 0 aliphatic rings. The standard InChI is InChI=1S/C15H12N4O6/c1-10(20)17-16-9-11-2-5-13(6-3-11)25-15-7-4-12(18(21)22)8-14(15)19(23)24/h2-9H,1H3,(H,17,20)/b16-9-. The van der Waals surface area contributed by atoms with Crippen LogP contribution in [0.15, 0.2) is 47.6 Å². The Hall–Kier alpha value is -3.82. The monoisotopic (exact) mass is 344 g/mol. The van der Waals surface area contributed by atoms with Crippen LogP contribution >= 0.6 is 0 Å². The average molecular weight is 344 g/mol. The van der Waals surface area contributed by atoms with Crippen LogP contribution in [0.3, 0.4) is 0 Å². The maximum Gasteiger partial charge on any atom is 0.318 e. The summed E-state index contributed by atoms with van der Waals surface area (Å²) in [6, 6.07) is 9.46. The number of nitro groups is 2. The number of benzene rings is 2. The quantitative estimate of drug-likeness (QED) is 0.486. The van der Waals surface area contributed by atoms with Gasteiger partial charge in [0.25, 0.3) is 5.69 Å². The summed E-state index contributed by atoms with van der Waals surface area (Å²) in [6.07, 6.45) is 1.42. The lowest BCUT2D eigenvalue weighted by atomic mass is 10.2. The molecule has 0 saturated carbocycles. The van der Waals surface area contributed by atoms with Gasteiger partial charge in [-0.15, -0.1) is 0 Å². The third-order valence-corrected chi connectivity index (χ3v) is 2.89. The number of nitrogens with one attached hydrogen (secondary N) is 1. The molecule has 0 fully saturated rings. The Balaban J connectivity index is 2.19. The second-order valence-electron chi connectivity index (χ2n) is 4.76. The number of carbonyl (C=O) groups is 1. The number of non-ortho nitro benzene ring substituents is 1. The Bertz CT molecular complexity index is 848. The Morgan fingerprint density at radius 1 is 1.12 bits per heavy atom. The molecule has 0 unspecified atom stereocenters. The van der Waals surface area contributed by atoms with Crippen LogP contribution in [0.5, 0.6) is 11.5 Å². The normalized spacial score (nSPS) is 10.4. The van der Waals surface area contributed by atoms with Crippen molar-refractivity contribution in [3.63, 3.8) is 0 Å². The Labute approximate surface area is 141 Å². The Kier molecular flexibility index (Phi) is 5.36. The Morgan fingerprint density at radius 3 is 2.36 bits per heavy atom. The van der Waals surface area contributed by atoms with Crippen molar-refractivity contribution in [2.75, 3.05) is 0 Å². The average Bonchev–Trinajstić information content (AvgIpc) is 2.56. The van der Waals surface area contributed by atoms with Gasteiger partial charge in [0.2, 0.25) is 11.7 Å². The minimum Gasteiger partial charge on any atom is -0.450 e. The molecule has 0 aliphatic heterocycles. The van der Waals surface area contributed by atoms with E-state index >= 15 is 0 Å². The van der Waals surface area contributed by atoms with Crippen LogP contribution in [0.25, 0.3) is 0 Å². The number of nitrogens with zero attached hydrogens (tertiary/aromatic N) is 3. The first-order valence-corrected chi connectivity index (χ1v) is 6.87. The number of nitro benzene ring substituents is 2. The first kappa shape index (κ1) is 17.5. The van der Waals surface area contributed by atoms with Crippen molar-refractivity contribution < 1.29 is 19.4 Å². The largest absolute Gasteiger partial charge is 0.450 e. The van der Waals surface area contributed by atoms with Crippen molar-refractivity contribution in [2.24, 2.45) is 5.10 Å². The van der Waals surface area contributed by atoms with E-state index in [1.807, 2.05) is 0 Å². The molecular weight excluding hydrogens is 332 g/mol. The summed E-state index contributed by atoms with van der Waals surface area (Å²) >= 11 is 0. The highest BCUT2D eigenvalue weighted by molar-refractivity contribution is 5.81. The van der Waals surface area contributed by atoms with Gasteiger partial charge in [0.1, 0.15) is 5.75 Å². The van der Waals surface area contributed by atoms with Gasteiger partial charge in [-0.3, -0.25) is 25.0 Å². The van der Waals surface area contributed by atoms with Crippen molar-refractivity contribution in [2.45, 2.75) is 6.92 Å². The van der Waals surface area contributed by atoms with E-state index in [0.717, 1.165) is 12.1 Å². The smallest absolute Gasteiger partial charge is 0.318 e. The first-order chi connectivity index (χ1) is 11.9. The maximum absolute atomic E-state index is 11.1. The fraction of sp³-hybridized carbons (Fsp3) is 0.0667. The minimum atomic E-state index is -0.753. The number of ether oxygens (including phenoxy) is 1. The molecule has 10 nitrogen and oxygen atoms in total. The zero-order chi connectivity index (χ0) is 18.4. The lowest BCUT2D eigenvalue weighted by Crippen LogP contribution is -2.12. The number of carbonyl (C=O) groups excluding carboxylic acids is 1. The third kappa shape index (κ3) is 4.82. The second-order valence-corrected chi connectivity index (χ2v) is 4.76. The van der Waals surface area contributed by atoms with Crippen LogP contribution in [0, 0.1) is 20.2 Å². The number of hydrazone groups is 1. The molecule has 0 aliphatic carbocycles. The van der Waals surface area contributed by atoms with Gasteiger partial charge in [-0.05, 0) is 35.9 Å². The van der Waals surface area contributed by atoms with Crippen molar-refractivity contribution in [3.05, 3.63) is 68.3 Å². The van der Waals surface area contributed by atoms with Crippen LogP contribution in [0.1, 0.15) is 12.5 Å². The molecule has 0 aromatic heterocycles. The molecule has 2 rings (SSSR count). The summed E-state index contributed by atoms with van der Waals surface area (Å²) in [6.45, 7) is 1.32.